The molecular weight excluding hydrogens is 264 g/mol. The first-order valence-electron chi connectivity index (χ1n) is 6.72. The van der Waals surface area contributed by atoms with E-state index in [1.807, 2.05) is 6.92 Å². The fourth-order valence-corrected chi connectivity index (χ4v) is 2.50. The van der Waals surface area contributed by atoms with Gasteiger partial charge in [0.05, 0.1) is 0 Å². The number of likely N-dealkylation sites (tertiary alicyclic amines) is 1. The normalized spacial score (nSPS) is 18.1. The van der Waals surface area contributed by atoms with Crippen LogP contribution in [0.5, 0.6) is 0 Å². The number of primary amides is 1. The van der Waals surface area contributed by atoms with E-state index >= 15 is 0 Å². The van der Waals surface area contributed by atoms with Crippen molar-refractivity contribution in [1.29, 1.82) is 0 Å². The first kappa shape index (κ1) is 14.7. The van der Waals surface area contributed by atoms with Crippen LogP contribution < -0.4 is 11.1 Å². The van der Waals surface area contributed by atoms with Crippen molar-refractivity contribution < 1.29 is 13.6 Å². The standard InChI is InChI=1S/C14H19F2N3O/c1-9(10-2-3-12(15)13(16)8-10)18-11-4-6-19(7-5-11)14(17)20/h2-3,8-9,11,18H,4-7H2,1H3,(H2,17,20). The van der Waals surface area contributed by atoms with Crippen molar-refractivity contribution in [2.45, 2.75) is 31.8 Å². The van der Waals surface area contributed by atoms with Crippen molar-refractivity contribution in [3.05, 3.63) is 35.4 Å². The van der Waals surface area contributed by atoms with Gasteiger partial charge in [-0.1, -0.05) is 6.07 Å². The van der Waals surface area contributed by atoms with Crippen molar-refractivity contribution in [2.24, 2.45) is 5.73 Å². The molecule has 2 rings (SSSR count). The van der Waals surface area contributed by atoms with E-state index in [0.717, 1.165) is 18.9 Å². The van der Waals surface area contributed by atoms with Crippen LogP contribution in [0.25, 0.3) is 0 Å². The monoisotopic (exact) mass is 283 g/mol. The van der Waals surface area contributed by atoms with Gasteiger partial charge < -0.3 is 16.0 Å². The van der Waals surface area contributed by atoms with Crippen LogP contribution >= 0.6 is 0 Å². The lowest BCUT2D eigenvalue weighted by Crippen LogP contribution is -2.47. The molecule has 0 radical (unpaired) electrons. The molecule has 1 unspecified atom stereocenters. The third-order valence-electron chi connectivity index (χ3n) is 3.74. The Kier molecular flexibility index (Phi) is 4.54. The van der Waals surface area contributed by atoms with Gasteiger partial charge in [-0.3, -0.25) is 0 Å². The summed E-state index contributed by atoms with van der Waals surface area (Å²) in [6.07, 6.45) is 1.61. The lowest BCUT2D eigenvalue weighted by atomic mass is 10.0. The number of benzene rings is 1. The van der Waals surface area contributed by atoms with Gasteiger partial charge in [0.2, 0.25) is 0 Å². The summed E-state index contributed by atoms with van der Waals surface area (Å²) in [7, 11) is 0. The second-order valence-electron chi connectivity index (χ2n) is 5.16. The van der Waals surface area contributed by atoms with Gasteiger partial charge in [0.25, 0.3) is 0 Å². The Morgan fingerprint density at radius 1 is 1.35 bits per heavy atom. The zero-order valence-corrected chi connectivity index (χ0v) is 11.4. The number of nitrogens with two attached hydrogens (primary N) is 1. The molecule has 0 bridgehead atoms. The van der Waals surface area contributed by atoms with Gasteiger partial charge in [-0.05, 0) is 37.5 Å². The SMILES string of the molecule is CC(NC1CCN(C(N)=O)CC1)c1ccc(F)c(F)c1. The molecule has 6 heteroatoms. The van der Waals surface area contributed by atoms with Crippen LogP contribution in [0.4, 0.5) is 13.6 Å². The molecule has 110 valence electrons. The van der Waals surface area contributed by atoms with Gasteiger partial charge in [0, 0.05) is 25.2 Å². The van der Waals surface area contributed by atoms with E-state index in [-0.39, 0.29) is 12.1 Å². The number of amides is 2. The van der Waals surface area contributed by atoms with E-state index in [1.165, 1.54) is 6.07 Å². The first-order valence-corrected chi connectivity index (χ1v) is 6.72. The Morgan fingerprint density at radius 3 is 2.55 bits per heavy atom. The first-order chi connectivity index (χ1) is 9.47. The van der Waals surface area contributed by atoms with E-state index in [4.69, 9.17) is 5.73 Å². The molecule has 1 atom stereocenters. The minimum atomic E-state index is -0.837. The summed E-state index contributed by atoms with van der Waals surface area (Å²) in [5, 5.41) is 3.37. The lowest BCUT2D eigenvalue weighted by molar-refractivity contribution is 0.183. The summed E-state index contributed by atoms with van der Waals surface area (Å²) in [6.45, 7) is 3.15. The number of halogens is 2. The van der Waals surface area contributed by atoms with E-state index in [0.29, 0.717) is 18.7 Å². The Balaban J connectivity index is 1.90. The molecule has 0 saturated carbocycles. The lowest BCUT2D eigenvalue weighted by Gasteiger charge is -2.33. The third-order valence-corrected chi connectivity index (χ3v) is 3.74. The predicted molar refractivity (Wildman–Crippen MR) is 72.1 cm³/mol. The van der Waals surface area contributed by atoms with Crippen molar-refractivity contribution >= 4 is 6.03 Å². The quantitative estimate of drug-likeness (QED) is 0.893. The van der Waals surface area contributed by atoms with Gasteiger partial charge in [-0.2, -0.15) is 0 Å². The Labute approximate surface area is 116 Å². The Hall–Kier alpha value is -1.69. The number of nitrogens with one attached hydrogen (secondary N) is 1. The van der Waals surface area contributed by atoms with Crippen molar-refractivity contribution in [1.82, 2.24) is 10.2 Å². The molecule has 0 aromatic heterocycles. The molecular formula is C14H19F2N3O. The summed E-state index contributed by atoms with van der Waals surface area (Å²) < 4.78 is 26.1. The number of rotatable bonds is 3. The second kappa shape index (κ2) is 6.17. The molecule has 4 nitrogen and oxygen atoms in total. The molecule has 0 aliphatic carbocycles. The maximum atomic E-state index is 13.2. The molecule has 1 fully saturated rings. The summed E-state index contributed by atoms with van der Waals surface area (Å²) in [6, 6.07) is 3.71. The van der Waals surface area contributed by atoms with Gasteiger partial charge in [-0.25, -0.2) is 13.6 Å². The highest BCUT2D eigenvalue weighted by Crippen LogP contribution is 2.19. The molecule has 0 spiro atoms. The number of piperidine rings is 1. The average molecular weight is 283 g/mol. The molecule has 1 aliphatic rings. The molecule has 1 aromatic rings. The van der Waals surface area contributed by atoms with Gasteiger partial charge >= 0.3 is 6.03 Å². The van der Waals surface area contributed by atoms with E-state index < -0.39 is 17.7 Å². The highest BCUT2D eigenvalue weighted by molar-refractivity contribution is 5.72. The van der Waals surface area contributed by atoms with Crippen molar-refractivity contribution in [2.75, 3.05) is 13.1 Å². The highest BCUT2D eigenvalue weighted by Gasteiger charge is 2.22. The Bertz CT molecular complexity index is 487. The molecule has 2 amide bonds. The van der Waals surface area contributed by atoms with Gasteiger partial charge in [-0.15, -0.1) is 0 Å². The van der Waals surface area contributed by atoms with Crippen LogP contribution in [0.3, 0.4) is 0 Å². The van der Waals surface area contributed by atoms with Crippen LogP contribution in [0.2, 0.25) is 0 Å². The highest BCUT2D eigenvalue weighted by atomic mass is 19.2. The third kappa shape index (κ3) is 3.45. The maximum Gasteiger partial charge on any atom is 0.314 e. The van der Waals surface area contributed by atoms with Gasteiger partial charge in [0.1, 0.15) is 0 Å². The second-order valence-corrected chi connectivity index (χ2v) is 5.16. The zero-order valence-electron chi connectivity index (χ0n) is 11.4. The van der Waals surface area contributed by atoms with Crippen molar-refractivity contribution in [3.8, 4) is 0 Å². The fourth-order valence-electron chi connectivity index (χ4n) is 2.50. The van der Waals surface area contributed by atoms with E-state index in [2.05, 4.69) is 5.32 Å². The minimum absolute atomic E-state index is 0.0739. The van der Waals surface area contributed by atoms with Crippen LogP contribution in [0, 0.1) is 11.6 Å². The summed E-state index contributed by atoms with van der Waals surface area (Å²) >= 11 is 0. The fraction of sp³-hybridized carbons (Fsp3) is 0.500. The minimum Gasteiger partial charge on any atom is -0.351 e. The number of hydrogen-bond donors (Lipinski definition) is 2. The zero-order chi connectivity index (χ0) is 14.7. The Morgan fingerprint density at radius 2 is 2.00 bits per heavy atom. The summed E-state index contributed by atoms with van der Waals surface area (Å²) in [4.78, 5) is 12.6. The largest absolute Gasteiger partial charge is 0.351 e. The number of urea groups is 1. The molecule has 1 heterocycles. The van der Waals surface area contributed by atoms with Crippen LogP contribution in [0.15, 0.2) is 18.2 Å². The summed E-state index contributed by atoms with van der Waals surface area (Å²) in [5.41, 5.74) is 5.93. The number of carbonyl (C=O) groups is 1. The van der Waals surface area contributed by atoms with E-state index in [1.54, 1.807) is 11.0 Å². The maximum absolute atomic E-state index is 13.2. The number of hydrogen-bond acceptors (Lipinski definition) is 2. The number of carbonyl (C=O) groups excluding carboxylic acids is 1. The van der Waals surface area contributed by atoms with Crippen LogP contribution in [-0.2, 0) is 0 Å². The summed E-state index contributed by atoms with van der Waals surface area (Å²) in [5.74, 6) is -1.67. The molecule has 1 saturated heterocycles. The van der Waals surface area contributed by atoms with Crippen LogP contribution in [-0.4, -0.2) is 30.1 Å². The molecule has 20 heavy (non-hydrogen) atoms. The van der Waals surface area contributed by atoms with Crippen molar-refractivity contribution in [3.63, 3.8) is 0 Å². The van der Waals surface area contributed by atoms with E-state index in [9.17, 15) is 13.6 Å². The smallest absolute Gasteiger partial charge is 0.314 e. The topological polar surface area (TPSA) is 58.4 Å². The van der Waals surface area contributed by atoms with Gasteiger partial charge in [0.15, 0.2) is 11.6 Å². The molecule has 1 aromatic carbocycles. The van der Waals surface area contributed by atoms with Crippen LogP contribution in [0.1, 0.15) is 31.4 Å². The number of nitrogens with zero attached hydrogens (tertiary/aromatic N) is 1. The molecule has 1 aliphatic heterocycles. The molecule has 3 N–H and O–H groups in total. The predicted octanol–water partition coefficient (Wildman–Crippen LogP) is 2.16. The average Bonchev–Trinajstić information content (AvgIpc) is 2.42.